The van der Waals surface area contributed by atoms with Crippen molar-refractivity contribution in [1.82, 2.24) is 0 Å². The average Bonchev–Trinajstić information content (AvgIpc) is 2.69. The second-order valence-corrected chi connectivity index (χ2v) is 5.29. The number of hydrogen-bond acceptors (Lipinski definition) is 7. The number of methoxy groups -OCH3 is 3. The van der Waals surface area contributed by atoms with Crippen molar-refractivity contribution in [2.75, 3.05) is 21.3 Å². The monoisotopic (exact) mass is 373 g/mol. The zero-order valence-electron chi connectivity index (χ0n) is 15.1. The van der Waals surface area contributed by atoms with Gasteiger partial charge in [-0.15, -0.1) is 0 Å². The lowest BCUT2D eigenvalue weighted by Gasteiger charge is -2.12. The molecule has 0 aliphatic rings. The van der Waals surface area contributed by atoms with Crippen molar-refractivity contribution < 1.29 is 28.7 Å². The van der Waals surface area contributed by atoms with Gasteiger partial charge in [-0.25, -0.2) is 4.79 Å². The van der Waals surface area contributed by atoms with Crippen LogP contribution in [-0.4, -0.2) is 32.2 Å². The van der Waals surface area contributed by atoms with Crippen LogP contribution in [0.3, 0.4) is 0 Å². The number of carbonyl (C=O) groups is 1. The molecule has 0 saturated heterocycles. The van der Waals surface area contributed by atoms with E-state index in [4.69, 9.17) is 18.9 Å². The molecule has 0 spiro atoms. The quantitative estimate of drug-likeness (QED) is 0.303. The average molecular weight is 373 g/mol. The molecule has 0 atom stereocenters. The Morgan fingerprint density at radius 3 is 2.26 bits per heavy atom. The zero-order chi connectivity index (χ0) is 19.8. The van der Waals surface area contributed by atoms with Crippen LogP contribution in [0.2, 0.25) is 0 Å². The van der Waals surface area contributed by atoms with Crippen molar-refractivity contribution >= 4 is 17.7 Å². The summed E-state index contributed by atoms with van der Waals surface area (Å²) in [6, 6.07) is 9.43. The van der Waals surface area contributed by atoms with E-state index in [2.05, 4.69) is 0 Å². The Morgan fingerprint density at radius 1 is 1.07 bits per heavy atom. The number of hydrogen-bond donors (Lipinski definition) is 0. The molecule has 27 heavy (non-hydrogen) atoms. The van der Waals surface area contributed by atoms with Gasteiger partial charge in [0.15, 0.2) is 11.5 Å². The summed E-state index contributed by atoms with van der Waals surface area (Å²) in [6.45, 7) is -0.199. The minimum atomic E-state index is -0.637. The maximum atomic E-state index is 11.9. The van der Waals surface area contributed by atoms with Gasteiger partial charge < -0.3 is 18.9 Å². The minimum Gasteiger partial charge on any atom is -0.493 e. The van der Waals surface area contributed by atoms with Gasteiger partial charge in [0.2, 0.25) is 5.75 Å². The smallest absolute Gasteiger partial charge is 0.331 e. The van der Waals surface area contributed by atoms with Crippen molar-refractivity contribution in [3.8, 4) is 17.2 Å². The molecule has 0 aliphatic carbocycles. The number of nitro benzene ring substituents is 1. The molecule has 0 aliphatic heterocycles. The first kappa shape index (κ1) is 19.8. The second kappa shape index (κ2) is 9.23. The number of carbonyl (C=O) groups excluding carboxylic acids is 1. The highest BCUT2D eigenvalue weighted by Crippen LogP contribution is 2.38. The lowest BCUT2D eigenvalue weighted by molar-refractivity contribution is -0.385. The molecule has 8 heteroatoms. The van der Waals surface area contributed by atoms with Gasteiger partial charge >= 0.3 is 5.97 Å². The van der Waals surface area contributed by atoms with Gasteiger partial charge in [0.25, 0.3) is 5.69 Å². The first-order chi connectivity index (χ1) is 13.0. The predicted molar refractivity (Wildman–Crippen MR) is 98.0 cm³/mol. The molecule has 0 heterocycles. The van der Waals surface area contributed by atoms with E-state index >= 15 is 0 Å². The number of esters is 1. The molecule has 2 rings (SSSR count). The first-order valence-electron chi connectivity index (χ1n) is 7.87. The minimum absolute atomic E-state index is 0.0982. The number of nitrogens with zero attached hydrogens (tertiary/aromatic N) is 1. The molecule has 142 valence electrons. The van der Waals surface area contributed by atoms with E-state index in [-0.39, 0.29) is 12.3 Å². The topological polar surface area (TPSA) is 97.1 Å². The van der Waals surface area contributed by atoms with Crippen LogP contribution in [-0.2, 0) is 16.1 Å². The van der Waals surface area contributed by atoms with Gasteiger partial charge in [-0.05, 0) is 29.8 Å². The number of nitro groups is 1. The fourth-order valence-electron chi connectivity index (χ4n) is 2.37. The molecule has 0 bridgehead atoms. The van der Waals surface area contributed by atoms with Gasteiger partial charge in [-0.1, -0.05) is 12.1 Å². The Kier molecular flexibility index (Phi) is 6.76. The summed E-state index contributed by atoms with van der Waals surface area (Å²) in [5, 5.41) is 11.0. The van der Waals surface area contributed by atoms with Gasteiger partial charge in [-0.3, -0.25) is 10.1 Å². The summed E-state index contributed by atoms with van der Waals surface area (Å²) < 4.78 is 20.8. The van der Waals surface area contributed by atoms with E-state index in [1.165, 1.54) is 45.6 Å². The summed E-state index contributed by atoms with van der Waals surface area (Å²) in [7, 11) is 4.48. The molecule has 0 unspecified atom stereocenters. The lowest BCUT2D eigenvalue weighted by atomic mass is 10.1. The Labute approximate surface area is 156 Å². The van der Waals surface area contributed by atoms with Crippen LogP contribution in [0.4, 0.5) is 5.69 Å². The fourth-order valence-corrected chi connectivity index (χ4v) is 2.37. The van der Waals surface area contributed by atoms with Gasteiger partial charge in [0.05, 0.1) is 31.8 Å². The van der Waals surface area contributed by atoms with Crippen LogP contribution in [0, 0.1) is 10.1 Å². The Hall–Kier alpha value is -3.55. The van der Waals surface area contributed by atoms with Crippen molar-refractivity contribution in [2.24, 2.45) is 0 Å². The molecule has 2 aromatic carbocycles. The highest BCUT2D eigenvalue weighted by Gasteiger charge is 2.14. The van der Waals surface area contributed by atoms with Crippen LogP contribution < -0.4 is 14.2 Å². The molecule has 0 amide bonds. The van der Waals surface area contributed by atoms with E-state index in [0.29, 0.717) is 28.4 Å². The van der Waals surface area contributed by atoms with Gasteiger partial charge in [0.1, 0.15) is 6.61 Å². The largest absolute Gasteiger partial charge is 0.493 e. The number of ether oxygens (including phenoxy) is 4. The molecule has 8 nitrogen and oxygen atoms in total. The molecule has 0 aromatic heterocycles. The van der Waals surface area contributed by atoms with E-state index in [1.807, 2.05) is 0 Å². The summed E-state index contributed by atoms with van der Waals surface area (Å²) in [4.78, 5) is 22.4. The third-order valence-electron chi connectivity index (χ3n) is 3.66. The van der Waals surface area contributed by atoms with Crippen LogP contribution in [0.25, 0.3) is 6.08 Å². The maximum Gasteiger partial charge on any atom is 0.331 e. The maximum absolute atomic E-state index is 11.9. The number of benzene rings is 2. The highest BCUT2D eigenvalue weighted by atomic mass is 16.6. The fraction of sp³-hybridized carbons (Fsp3) is 0.211. The van der Waals surface area contributed by atoms with Crippen molar-refractivity contribution in [1.29, 1.82) is 0 Å². The Bertz CT molecular complexity index is 836. The Balaban J connectivity index is 2.10. The molecule has 0 radical (unpaired) electrons. The van der Waals surface area contributed by atoms with Crippen LogP contribution in [0.1, 0.15) is 11.1 Å². The van der Waals surface area contributed by atoms with Gasteiger partial charge in [0, 0.05) is 12.1 Å². The molecule has 0 fully saturated rings. The zero-order valence-corrected chi connectivity index (χ0v) is 15.1. The third kappa shape index (κ3) is 4.97. The summed E-state index contributed by atoms with van der Waals surface area (Å²) in [5.41, 5.74) is 0.850. The van der Waals surface area contributed by atoms with Crippen molar-refractivity contribution in [3.63, 3.8) is 0 Å². The second-order valence-electron chi connectivity index (χ2n) is 5.29. The Morgan fingerprint density at radius 2 is 1.70 bits per heavy atom. The third-order valence-corrected chi connectivity index (χ3v) is 3.66. The molecular formula is C19H19NO7. The van der Waals surface area contributed by atoms with Crippen molar-refractivity contribution in [3.05, 3.63) is 63.7 Å². The standard InChI is InChI=1S/C19H19NO7/c1-24-16-10-13(11-17(25-2)19(16)26-3)8-9-18(21)27-12-14-6-4-5-7-15(14)20(22)23/h4-11H,12H2,1-3H3/b9-8+. The lowest BCUT2D eigenvalue weighted by Crippen LogP contribution is -2.03. The first-order valence-corrected chi connectivity index (χ1v) is 7.87. The van der Waals surface area contributed by atoms with E-state index in [1.54, 1.807) is 24.3 Å². The summed E-state index contributed by atoms with van der Waals surface area (Å²) in [5.74, 6) is 0.701. The molecule has 0 N–H and O–H groups in total. The van der Waals surface area contributed by atoms with Crippen LogP contribution in [0.5, 0.6) is 17.2 Å². The predicted octanol–water partition coefficient (Wildman–Crippen LogP) is 3.38. The SMILES string of the molecule is COc1cc(/C=C/C(=O)OCc2ccccc2[N+](=O)[O-])cc(OC)c1OC. The summed E-state index contributed by atoms with van der Waals surface area (Å²) >= 11 is 0. The number of para-hydroxylation sites is 1. The number of rotatable bonds is 8. The van der Waals surface area contributed by atoms with E-state index < -0.39 is 10.9 Å². The molecular weight excluding hydrogens is 354 g/mol. The van der Waals surface area contributed by atoms with E-state index in [9.17, 15) is 14.9 Å². The van der Waals surface area contributed by atoms with E-state index in [0.717, 1.165) is 0 Å². The van der Waals surface area contributed by atoms with Gasteiger partial charge in [-0.2, -0.15) is 0 Å². The van der Waals surface area contributed by atoms with Crippen LogP contribution in [0.15, 0.2) is 42.5 Å². The summed E-state index contributed by atoms with van der Waals surface area (Å²) in [6.07, 6.45) is 2.74. The molecule has 2 aromatic rings. The molecule has 0 saturated carbocycles. The van der Waals surface area contributed by atoms with Crippen LogP contribution >= 0.6 is 0 Å². The normalized spacial score (nSPS) is 10.5. The van der Waals surface area contributed by atoms with Crippen molar-refractivity contribution in [2.45, 2.75) is 6.61 Å². The highest BCUT2D eigenvalue weighted by molar-refractivity contribution is 5.87.